The predicted octanol–water partition coefficient (Wildman–Crippen LogP) is 5.45. The lowest BCUT2D eigenvalue weighted by atomic mass is 9.49. The van der Waals surface area contributed by atoms with Crippen LogP contribution in [0.5, 0.6) is 11.5 Å². The van der Waals surface area contributed by atoms with Crippen LogP contribution in [-0.2, 0) is 9.59 Å². The first-order valence-corrected chi connectivity index (χ1v) is 11.9. The molecule has 0 heterocycles. The smallest absolute Gasteiger partial charge is 0.226 e. The molecule has 168 valence electrons. The molecule has 4 fully saturated rings. The van der Waals surface area contributed by atoms with Crippen LogP contribution >= 0.6 is 0 Å². The lowest BCUT2D eigenvalue weighted by Crippen LogP contribution is -2.53. The second kappa shape index (κ2) is 8.61. The van der Waals surface area contributed by atoms with E-state index >= 15 is 0 Å². The van der Waals surface area contributed by atoms with Crippen LogP contribution in [0.4, 0.5) is 5.69 Å². The van der Waals surface area contributed by atoms with Crippen LogP contribution in [0.15, 0.2) is 48.5 Å². The predicted molar refractivity (Wildman–Crippen MR) is 125 cm³/mol. The van der Waals surface area contributed by atoms with E-state index in [1.165, 1.54) is 19.3 Å². The zero-order chi connectivity index (χ0) is 22.1. The molecule has 0 radical (unpaired) electrons. The van der Waals surface area contributed by atoms with Gasteiger partial charge in [0.15, 0.2) is 5.75 Å². The molecule has 4 bridgehead atoms. The Morgan fingerprint density at radius 2 is 1.56 bits per heavy atom. The molecule has 6 rings (SSSR count). The van der Waals surface area contributed by atoms with Crippen LogP contribution in [0.1, 0.15) is 50.5 Å². The van der Waals surface area contributed by atoms with Crippen molar-refractivity contribution in [3.63, 3.8) is 0 Å². The molecule has 0 atom stereocenters. The van der Waals surface area contributed by atoms with E-state index in [9.17, 15) is 9.59 Å². The van der Waals surface area contributed by atoms with Crippen molar-refractivity contribution in [2.24, 2.45) is 23.2 Å². The number of anilines is 1. The van der Waals surface area contributed by atoms with Gasteiger partial charge >= 0.3 is 0 Å². The maximum atomic E-state index is 13.1. The van der Waals surface area contributed by atoms with Crippen molar-refractivity contribution in [1.82, 2.24) is 5.32 Å². The normalized spacial score (nSPS) is 27.7. The van der Waals surface area contributed by atoms with Gasteiger partial charge in [0, 0.05) is 18.4 Å². The van der Waals surface area contributed by atoms with Gasteiger partial charge in [-0.15, -0.1) is 0 Å². The van der Waals surface area contributed by atoms with Crippen LogP contribution in [0.3, 0.4) is 0 Å². The fraction of sp³-hybridized carbons (Fsp3) is 0.481. The minimum Gasteiger partial charge on any atom is -0.455 e. The number of amides is 2. The maximum absolute atomic E-state index is 13.1. The highest BCUT2D eigenvalue weighted by atomic mass is 16.5. The summed E-state index contributed by atoms with van der Waals surface area (Å²) in [6.07, 6.45) is 7.33. The van der Waals surface area contributed by atoms with Gasteiger partial charge in [-0.05, 0) is 87.5 Å². The summed E-state index contributed by atoms with van der Waals surface area (Å²) in [4.78, 5) is 25.6. The van der Waals surface area contributed by atoms with Gasteiger partial charge < -0.3 is 15.4 Å². The summed E-state index contributed by atoms with van der Waals surface area (Å²) >= 11 is 0. The Hall–Kier alpha value is -2.82. The monoisotopic (exact) mass is 432 g/mol. The average Bonchev–Trinajstić information content (AvgIpc) is 2.76. The van der Waals surface area contributed by atoms with Gasteiger partial charge in [0.2, 0.25) is 11.8 Å². The largest absolute Gasteiger partial charge is 0.455 e. The molecule has 0 spiro atoms. The fourth-order valence-electron chi connectivity index (χ4n) is 6.47. The van der Waals surface area contributed by atoms with E-state index < -0.39 is 0 Å². The quantitative estimate of drug-likeness (QED) is 0.611. The summed E-state index contributed by atoms with van der Waals surface area (Å²) in [7, 11) is 0. The molecule has 4 aliphatic carbocycles. The molecule has 2 aromatic rings. The van der Waals surface area contributed by atoms with Gasteiger partial charge in [-0.25, -0.2) is 0 Å². The second-order valence-corrected chi connectivity index (χ2v) is 10.2. The van der Waals surface area contributed by atoms with Crippen molar-refractivity contribution >= 4 is 17.5 Å². The molecule has 0 aliphatic heterocycles. The van der Waals surface area contributed by atoms with Crippen LogP contribution < -0.4 is 15.4 Å². The molecule has 5 heteroatoms. The number of rotatable bonds is 7. The maximum Gasteiger partial charge on any atom is 0.226 e. The van der Waals surface area contributed by atoms with Gasteiger partial charge in [0.25, 0.3) is 0 Å². The van der Waals surface area contributed by atoms with Crippen molar-refractivity contribution in [2.75, 3.05) is 11.9 Å². The first-order chi connectivity index (χ1) is 15.5. The number of para-hydroxylation sites is 2. The molecular formula is C27H32N2O3. The highest BCUT2D eigenvalue weighted by Gasteiger charge is 2.54. The van der Waals surface area contributed by atoms with Gasteiger partial charge in [0.1, 0.15) is 5.75 Å². The van der Waals surface area contributed by atoms with Crippen LogP contribution in [0.25, 0.3) is 0 Å². The zero-order valence-corrected chi connectivity index (χ0v) is 18.7. The SMILES string of the molecule is Cc1ccc(Oc2ccccc2NC(=O)CCNC(=O)C23CC4CC(CC(C4)C2)C3)cc1. The third-order valence-electron chi connectivity index (χ3n) is 7.57. The molecule has 0 saturated heterocycles. The lowest BCUT2D eigenvalue weighted by molar-refractivity contribution is -0.146. The third kappa shape index (κ3) is 4.38. The number of hydrogen-bond donors (Lipinski definition) is 2. The standard InChI is InChI=1S/C27H32N2O3/c1-18-6-8-22(9-7-18)32-24-5-3-2-4-23(24)29-25(30)10-11-28-26(31)27-15-19-12-20(16-27)14-21(13-19)17-27/h2-9,19-21H,10-17H2,1H3,(H,28,31)(H,29,30). The van der Waals surface area contributed by atoms with Crippen LogP contribution in [0, 0.1) is 30.1 Å². The van der Waals surface area contributed by atoms with Crippen molar-refractivity contribution in [3.05, 3.63) is 54.1 Å². The molecule has 2 amide bonds. The van der Waals surface area contributed by atoms with E-state index in [0.717, 1.165) is 48.3 Å². The van der Waals surface area contributed by atoms with Gasteiger partial charge in [-0.1, -0.05) is 29.8 Å². The number of aryl methyl sites for hydroxylation is 1. The van der Waals surface area contributed by atoms with E-state index in [-0.39, 0.29) is 23.7 Å². The van der Waals surface area contributed by atoms with Crippen molar-refractivity contribution in [2.45, 2.75) is 51.9 Å². The number of benzene rings is 2. The highest BCUT2D eigenvalue weighted by molar-refractivity contribution is 5.93. The van der Waals surface area contributed by atoms with Crippen molar-refractivity contribution in [3.8, 4) is 11.5 Å². The molecule has 4 saturated carbocycles. The Balaban J connectivity index is 1.14. The molecule has 0 aromatic heterocycles. The summed E-state index contributed by atoms with van der Waals surface area (Å²) in [5.74, 6) is 3.58. The molecule has 2 N–H and O–H groups in total. The summed E-state index contributed by atoms with van der Waals surface area (Å²) in [5.41, 5.74) is 1.62. The molecule has 0 unspecified atom stereocenters. The van der Waals surface area contributed by atoms with Crippen molar-refractivity contribution in [1.29, 1.82) is 0 Å². The van der Waals surface area contributed by atoms with Gasteiger partial charge in [-0.2, -0.15) is 0 Å². The Labute approximate surface area is 189 Å². The summed E-state index contributed by atoms with van der Waals surface area (Å²) < 4.78 is 5.96. The summed E-state index contributed by atoms with van der Waals surface area (Å²) in [5, 5.41) is 6.02. The van der Waals surface area contributed by atoms with E-state index in [2.05, 4.69) is 10.6 Å². The first-order valence-electron chi connectivity index (χ1n) is 11.9. The van der Waals surface area contributed by atoms with E-state index in [1.54, 1.807) is 0 Å². The fourth-order valence-corrected chi connectivity index (χ4v) is 6.47. The molecule has 32 heavy (non-hydrogen) atoms. The Morgan fingerprint density at radius 1 is 0.938 bits per heavy atom. The summed E-state index contributed by atoms with van der Waals surface area (Å²) in [6.45, 7) is 2.40. The van der Waals surface area contributed by atoms with Gasteiger partial charge in [-0.3, -0.25) is 9.59 Å². The van der Waals surface area contributed by atoms with Crippen LogP contribution in [0.2, 0.25) is 0 Å². The number of carbonyl (C=O) groups is 2. The second-order valence-electron chi connectivity index (χ2n) is 10.2. The molecule has 2 aromatic carbocycles. The number of carbonyl (C=O) groups excluding carboxylic acids is 2. The Kier molecular flexibility index (Phi) is 5.66. The minimum absolute atomic E-state index is 0.129. The Morgan fingerprint density at radius 3 is 2.22 bits per heavy atom. The summed E-state index contributed by atoms with van der Waals surface area (Å²) in [6, 6.07) is 15.2. The van der Waals surface area contributed by atoms with Crippen LogP contribution in [-0.4, -0.2) is 18.4 Å². The van der Waals surface area contributed by atoms with Crippen molar-refractivity contribution < 1.29 is 14.3 Å². The molecule has 4 aliphatic rings. The molecule has 5 nitrogen and oxygen atoms in total. The number of nitrogens with one attached hydrogen (secondary N) is 2. The van der Waals surface area contributed by atoms with E-state index in [1.807, 2.05) is 55.5 Å². The lowest BCUT2D eigenvalue weighted by Gasteiger charge is -2.55. The topological polar surface area (TPSA) is 67.4 Å². The number of hydrogen-bond acceptors (Lipinski definition) is 3. The first kappa shape index (κ1) is 21.0. The highest BCUT2D eigenvalue weighted by Crippen LogP contribution is 2.60. The third-order valence-corrected chi connectivity index (χ3v) is 7.57. The van der Waals surface area contributed by atoms with E-state index in [4.69, 9.17) is 4.74 Å². The van der Waals surface area contributed by atoms with E-state index in [0.29, 0.717) is 18.0 Å². The zero-order valence-electron chi connectivity index (χ0n) is 18.7. The van der Waals surface area contributed by atoms with Gasteiger partial charge in [0.05, 0.1) is 5.69 Å². The minimum atomic E-state index is -0.167. The number of ether oxygens (including phenoxy) is 1. The average molecular weight is 433 g/mol. The Bertz CT molecular complexity index is 963. The molecular weight excluding hydrogens is 400 g/mol.